The number of benzene rings is 1. The monoisotopic (exact) mass is 404 g/mol. The fourth-order valence-electron chi connectivity index (χ4n) is 2.34. The van der Waals surface area contributed by atoms with Gasteiger partial charge >= 0.3 is 5.97 Å². The van der Waals surface area contributed by atoms with Crippen LogP contribution in [0.4, 0.5) is 5.69 Å². The van der Waals surface area contributed by atoms with Gasteiger partial charge in [-0.05, 0) is 40.9 Å². The van der Waals surface area contributed by atoms with Gasteiger partial charge in [0.25, 0.3) is 0 Å². The van der Waals surface area contributed by atoms with Crippen LogP contribution in [0, 0.1) is 0 Å². The van der Waals surface area contributed by atoms with E-state index in [1.807, 2.05) is 0 Å². The molecule has 0 radical (unpaired) electrons. The summed E-state index contributed by atoms with van der Waals surface area (Å²) in [6, 6.07) is 3.13. The van der Waals surface area contributed by atoms with E-state index in [0.717, 1.165) is 12.8 Å². The lowest BCUT2D eigenvalue weighted by Crippen LogP contribution is -2.48. The molecule has 7 heteroatoms. The minimum Gasteiger partial charge on any atom is -0.478 e. The summed E-state index contributed by atoms with van der Waals surface area (Å²) >= 11 is 6.50. The maximum absolute atomic E-state index is 12.3. The van der Waals surface area contributed by atoms with Gasteiger partial charge < -0.3 is 16.2 Å². The number of aromatic carboxylic acids is 1. The second kappa shape index (κ2) is 5.83. The molecule has 1 aromatic carbocycles. The molecule has 0 heterocycles. The zero-order valence-corrected chi connectivity index (χ0v) is 13.8. The Morgan fingerprint density at radius 1 is 1.25 bits per heavy atom. The normalized spacial score (nSPS) is 16.9. The van der Waals surface area contributed by atoms with Gasteiger partial charge in [0.15, 0.2) is 0 Å². The van der Waals surface area contributed by atoms with Crippen molar-refractivity contribution in [3.8, 4) is 0 Å². The summed E-state index contributed by atoms with van der Waals surface area (Å²) in [6.45, 7) is 0. The zero-order valence-electron chi connectivity index (χ0n) is 10.6. The molecule has 0 aliphatic heterocycles. The zero-order chi connectivity index (χ0) is 14.9. The molecule has 4 N–H and O–H groups in total. The van der Waals surface area contributed by atoms with E-state index >= 15 is 0 Å². The van der Waals surface area contributed by atoms with Gasteiger partial charge in [-0.15, -0.1) is 0 Å². The molecule has 0 bridgehead atoms. The highest BCUT2D eigenvalue weighted by molar-refractivity contribution is 9.11. The van der Waals surface area contributed by atoms with Crippen LogP contribution < -0.4 is 11.1 Å². The predicted molar refractivity (Wildman–Crippen MR) is 82.8 cm³/mol. The van der Waals surface area contributed by atoms with E-state index in [0.29, 0.717) is 21.8 Å². The van der Waals surface area contributed by atoms with Crippen molar-refractivity contribution in [1.29, 1.82) is 0 Å². The Hall–Kier alpha value is -0.920. The molecule has 2 rings (SSSR count). The van der Waals surface area contributed by atoms with E-state index in [-0.39, 0.29) is 17.2 Å². The maximum Gasteiger partial charge on any atom is 0.337 e. The van der Waals surface area contributed by atoms with Gasteiger partial charge in [0.1, 0.15) is 0 Å². The molecule has 0 aromatic heterocycles. The molecule has 0 spiro atoms. The number of hydrogen-bond donors (Lipinski definition) is 3. The second-order valence-corrected chi connectivity index (χ2v) is 6.70. The first-order valence-electron chi connectivity index (χ1n) is 6.16. The number of rotatable bonds is 3. The summed E-state index contributed by atoms with van der Waals surface area (Å²) in [5.41, 5.74) is 5.43. The van der Waals surface area contributed by atoms with Crippen LogP contribution >= 0.6 is 31.9 Å². The molecule has 1 aromatic rings. The van der Waals surface area contributed by atoms with Crippen LogP contribution in [-0.2, 0) is 4.79 Å². The number of carboxylic acids is 1. The summed E-state index contributed by atoms with van der Waals surface area (Å²) in [6.07, 6.45) is 3.07. The standard InChI is InChI=1S/C13H14Br2N2O3/c14-7-5-8(11(18)19)10(9(15)6-7)17-12(20)13(16)3-1-2-4-13/h5-6H,1-4,16H2,(H,17,20)(H,18,19). The van der Waals surface area contributed by atoms with E-state index in [2.05, 4.69) is 37.2 Å². The number of halogens is 2. The lowest BCUT2D eigenvalue weighted by atomic mass is 9.98. The molecule has 1 aliphatic carbocycles. The van der Waals surface area contributed by atoms with Crippen LogP contribution in [0.5, 0.6) is 0 Å². The average Bonchev–Trinajstić information content (AvgIpc) is 2.80. The third kappa shape index (κ3) is 3.05. The molecular formula is C13H14Br2N2O3. The summed E-state index contributed by atoms with van der Waals surface area (Å²) in [7, 11) is 0. The third-order valence-electron chi connectivity index (χ3n) is 3.47. The lowest BCUT2D eigenvalue weighted by Gasteiger charge is -2.23. The number of amides is 1. The van der Waals surface area contributed by atoms with E-state index in [9.17, 15) is 14.7 Å². The quantitative estimate of drug-likeness (QED) is 0.720. The van der Waals surface area contributed by atoms with Crippen LogP contribution in [0.2, 0.25) is 0 Å². The van der Waals surface area contributed by atoms with Crippen molar-refractivity contribution in [2.45, 2.75) is 31.2 Å². The van der Waals surface area contributed by atoms with Gasteiger partial charge in [0.2, 0.25) is 5.91 Å². The summed E-state index contributed by atoms with van der Waals surface area (Å²) in [4.78, 5) is 23.6. The molecule has 1 amide bonds. The summed E-state index contributed by atoms with van der Waals surface area (Å²) in [5.74, 6) is -1.44. The van der Waals surface area contributed by atoms with Crippen molar-refractivity contribution in [2.75, 3.05) is 5.32 Å². The van der Waals surface area contributed by atoms with Crippen LogP contribution in [-0.4, -0.2) is 22.5 Å². The second-order valence-electron chi connectivity index (χ2n) is 4.93. The molecule has 20 heavy (non-hydrogen) atoms. The van der Waals surface area contributed by atoms with Crippen molar-refractivity contribution in [3.63, 3.8) is 0 Å². The van der Waals surface area contributed by atoms with Crippen molar-refractivity contribution in [3.05, 3.63) is 26.6 Å². The van der Waals surface area contributed by atoms with Crippen molar-refractivity contribution in [2.24, 2.45) is 5.73 Å². The first-order valence-corrected chi connectivity index (χ1v) is 7.75. The van der Waals surface area contributed by atoms with Crippen LogP contribution in [0.1, 0.15) is 36.0 Å². The molecule has 1 saturated carbocycles. The topological polar surface area (TPSA) is 92.4 Å². The predicted octanol–water partition coefficient (Wildman–Crippen LogP) is 3.12. The van der Waals surface area contributed by atoms with Crippen LogP contribution in [0.3, 0.4) is 0 Å². The van der Waals surface area contributed by atoms with Gasteiger partial charge in [0, 0.05) is 8.95 Å². The first-order chi connectivity index (χ1) is 9.33. The highest BCUT2D eigenvalue weighted by Gasteiger charge is 2.37. The average molecular weight is 406 g/mol. The van der Waals surface area contributed by atoms with Gasteiger partial charge in [-0.25, -0.2) is 4.79 Å². The highest BCUT2D eigenvalue weighted by atomic mass is 79.9. The van der Waals surface area contributed by atoms with Crippen molar-refractivity contribution in [1.82, 2.24) is 0 Å². The highest BCUT2D eigenvalue weighted by Crippen LogP contribution is 2.33. The Labute approximate surface area is 133 Å². The van der Waals surface area contributed by atoms with Gasteiger partial charge in [0.05, 0.1) is 16.8 Å². The maximum atomic E-state index is 12.3. The molecule has 1 aliphatic rings. The summed E-state index contributed by atoms with van der Waals surface area (Å²) in [5, 5.41) is 11.9. The minimum absolute atomic E-state index is 0.0150. The van der Waals surface area contributed by atoms with E-state index in [1.165, 1.54) is 6.07 Å². The Morgan fingerprint density at radius 2 is 1.85 bits per heavy atom. The number of nitrogens with one attached hydrogen (secondary N) is 1. The van der Waals surface area contributed by atoms with Crippen LogP contribution in [0.15, 0.2) is 21.1 Å². The fourth-order valence-corrected chi connectivity index (χ4v) is 3.66. The minimum atomic E-state index is -1.11. The largest absolute Gasteiger partial charge is 0.478 e. The Bertz CT molecular complexity index is 569. The smallest absolute Gasteiger partial charge is 0.337 e. The summed E-state index contributed by atoms with van der Waals surface area (Å²) < 4.78 is 1.11. The van der Waals surface area contributed by atoms with E-state index in [1.54, 1.807) is 6.07 Å². The molecule has 108 valence electrons. The van der Waals surface area contributed by atoms with E-state index < -0.39 is 11.5 Å². The Morgan fingerprint density at radius 3 is 2.40 bits per heavy atom. The third-order valence-corrected chi connectivity index (χ3v) is 4.56. The SMILES string of the molecule is NC1(C(=O)Nc2c(Br)cc(Br)cc2C(=O)O)CCCC1. The number of hydrogen-bond acceptors (Lipinski definition) is 3. The van der Waals surface area contributed by atoms with E-state index in [4.69, 9.17) is 5.73 Å². The van der Waals surface area contributed by atoms with Gasteiger partial charge in [-0.3, -0.25) is 4.79 Å². The number of carboxylic acid groups (broad SMARTS) is 1. The molecular weight excluding hydrogens is 392 g/mol. The molecule has 1 fully saturated rings. The van der Waals surface area contributed by atoms with Gasteiger partial charge in [-0.2, -0.15) is 0 Å². The van der Waals surface area contributed by atoms with Crippen molar-refractivity contribution >= 4 is 49.4 Å². The molecule has 0 unspecified atom stereocenters. The number of carbonyl (C=O) groups excluding carboxylic acids is 1. The molecule has 5 nitrogen and oxygen atoms in total. The van der Waals surface area contributed by atoms with Crippen LogP contribution in [0.25, 0.3) is 0 Å². The Balaban J connectivity index is 2.33. The number of carbonyl (C=O) groups is 2. The van der Waals surface area contributed by atoms with Gasteiger partial charge in [-0.1, -0.05) is 28.8 Å². The first kappa shape index (κ1) is 15.5. The lowest BCUT2D eigenvalue weighted by molar-refractivity contribution is -0.121. The molecule has 0 atom stereocenters. The fraction of sp³-hybridized carbons (Fsp3) is 0.385. The Kier molecular flexibility index (Phi) is 4.51. The molecule has 0 saturated heterocycles. The number of anilines is 1. The number of nitrogens with two attached hydrogens (primary N) is 1. The van der Waals surface area contributed by atoms with Crippen molar-refractivity contribution < 1.29 is 14.7 Å².